The fraction of sp³-hybridized carbons (Fsp3) is 0.0833. The molecule has 1 aromatic carbocycles. The Balaban J connectivity index is 2.28. The second kappa shape index (κ2) is 4.28. The maximum atomic E-state index is 10.6. The number of carbonyl (C=O) groups excluding carboxylic acids is 1. The van der Waals surface area contributed by atoms with Crippen molar-refractivity contribution in [3.63, 3.8) is 0 Å². The number of hydrogen-bond acceptors (Lipinski definition) is 3. The fourth-order valence-corrected chi connectivity index (χ4v) is 2.17. The van der Waals surface area contributed by atoms with E-state index in [1.165, 1.54) is 11.3 Å². The Hall–Kier alpha value is -1.61. The van der Waals surface area contributed by atoms with Crippen LogP contribution in [0.4, 0.5) is 10.7 Å². The molecule has 0 fully saturated rings. The van der Waals surface area contributed by atoms with E-state index >= 15 is 0 Å². The third kappa shape index (κ3) is 2.07. The predicted molar refractivity (Wildman–Crippen MR) is 64.2 cm³/mol. The highest BCUT2D eigenvalue weighted by molar-refractivity contribution is 7.17. The minimum absolute atomic E-state index is 0.757. The smallest absolute Gasteiger partial charge is 0.160 e. The van der Waals surface area contributed by atoms with Crippen LogP contribution in [-0.4, -0.2) is 13.3 Å². The lowest BCUT2D eigenvalue weighted by Gasteiger charge is -2.16. The first kappa shape index (κ1) is 9.93. The number of carbonyl (C=O) groups is 1. The molecule has 2 nitrogen and oxygen atoms in total. The summed E-state index contributed by atoms with van der Waals surface area (Å²) in [5, 5.41) is 1.07. The Morgan fingerprint density at radius 2 is 1.87 bits per heavy atom. The lowest BCUT2D eigenvalue weighted by molar-refractivity contribution is 0.112. The van der Waals surface area contributed by atoms with Gasteiger partial charge in [0.15, 0.2) is 6.29 Å². The van der Waals surface area contributed by atoms with Gasteiger partial charge in [-0.25, -0.2) is 0 Å². The van der Waals surface area contributed by atoms with Crippen molar-refractivity contribution in [1.82, 2.24) is 0 Å². The highest BCUT2D eigenvalue weighted by Crippen LogP contribution is 2.29. The first-order valence-corrected chi connectivity index (χ1v) is 5.46. The van der Waals surface area contributed by atoms with E-state index in [9.17, 15) is 4.79 Å². The molecule has 0 saturated carbocycles. The van der Waals surface area contributed by atoms with Crippen LogP contribution >= 0.6 is 11.3 Å². The van der Waals surface area contributed by atoms with Crippen LogP contribution in [-0.2, 0) is 0 Å². The van der Waals surface area contributed by atoms with Crippen LogP contribution in [0.15, 0.2) is 42.5 Å². The molecule has 0 amide bonds. The molecule has 15 heavy (non-hydrogen) atoms. The number of nitrogens with zero attached hydrogens (tertiary/aromatic N) is 1. The summed E-state index contributed by atoms with van der Waals surface area (Å²) in [6.07, 6.45) is 0.882. The van der Waals surface area contributed by atoms with Gasteiger partial charge >= 0.3 is 0 Å². The van der Waals surface area contributed by atoms with E-state index in [1.807, 2.05) is 49.5 Å². The third-order valence-electron chi connectivity index (χ3n) is 2.20. The Morgan fingerprint density at radius 3 is 2.47 bits per heavy atom. The maximum Gasteiger partial charge on any atom is 0.160 e. The molecule has 0 aliphatic heterocycles. The molecule has 0 aliphatic rings. The van der Waals surface area contributed by atoms with E-state index in [-0.39, 0.29) is 0 Å². The van der Waals surface area contributed by atoms with Crippen LogP contribution < -0.4 is 4.90 Å². The standard InChI is InChI=1S/C12H11NOS/c1-13(10-5-3-2-4-6-10)12-8-7-11(9-14)15-12/h2-9H,1H3. The largest absolute Gasteiger partial charge is 0.336 e. The molecular weight excluding hydrogens is 206 g/mol. The predicted octanol–water partition coefficient (Wildman–Crippen LogP) is 3.33. The summed E-state index contributed by atoms with van der Waals surface area (Å²) in [6, 6.07) is 13.9. The summed E-state index contributed by atoms with van der Waals surface area (Å²) in [6.45, 7) is 0. The number of benzene rings is 1. The molecule has 0 aliphatic carbocycles. The van der Waals surface area contributed by atoms with Crippen molar-refractivity contribution in [1.29, 1.82) is 0 Å². The number of rotatable bonds is 3. The van der Waals surface area contributed by atoms with Crippen LogP contribution in [0.3, 0.4) is 0 Å². The van der Waals surface area contributed by atoms with Crippen molar-refractivity contribution in [2.45, 2.75) is 0 Å². The Labute approximate surface area is 92.8 Å². The lowest BCUT2D eigenvalue weighted by atomic mass is 10.3. The van der Waals surface area contributed by atoms with Gasteiger partial charge in [-0.1, -0.05) is 18.2 Å². The number of aldehydes is 1. The maximum absolute atomic E-state index is 10.6. The molecule has 0 spiro atoms. The van der Waals surface area contributed by atoms with Crippen molar-refractivity contribution >= 4 is 28.3 Å². The molecule has 1 aromatic heterocycles. The molecule has 0 radical (unpaired) electrons. The van der Waals surface area contributed by atoms with Gasteiger partial charge in [-0.15, -0.1) is 11.3 Å². The topological polar surface area (TPSA) is 20.3 Å². The number of hydrogen-bond donors (Lipinski definition) is 0. The monoisotopic (exact) mass is 217 g/mol. The molecule has 3 heteroatoms. The van der Waals surface area contributed by atoms with E-state index < -0.39 is 0 Å². The van der Waals surface area contributed by atoms with Crippen molar-refractivity contribution in [3.8, 4) is 0 Å². The number of para-hydroxylation sites is 1. The highest BCUT2D eigenvalue weighted by Gasteiger charge is 2.05. The van der Waals surface area contributed by atoms with Crippen molar-refractivity contribution < 1.29 is 4.79 Å². The van der Waals surface area contributed by atoms with E-state index in [2.05, 4.69) is 4.90 Å². The molecule has 1 heterocycles. The molecule has 0 unspecified atom stereocenters. The Morgan fingerprint density at radius 1 is 1.13 bits per heavy atom. The molecule has 0 N–H and O–H groups in total. The van der Waals surface area contributed by atoms with Gasteiger partial charge in [0.1, 0.15) is 0 Å². The van der Waals surface area contributed by atoms with Gasteiger partial charge in [0.2, 0.25) is 0 Å². The normalized spacial score (nSPS) is 9.93. The van der Waals surface area contributed by atoms with Gasteiger partial charge < -0.3 is 4.90 Å². The second-order valence-electron chi connectivity index (χ2n) is 3.19. The third-order valence-corrected chi connectivity index (χ3v) is 3.29. The second-order valence-corrected chi connectivity index (χ2v) is 4.28. The summed E-state index contributed by atoms with van der Waals surface area (Å²) < 4.78 is 0. The first-order valence-electron chi connectivity index (χ1n) is 4.65. The van der Waals surface area contributed by atoms with Gasteiger partial charge in [0, 0.05) is 12.7 Å². The van der Waals surface area contributed by atoms with Crippen LogP contribution in [0, 0.1) is 0 Å². The van der Waals surface area contributed by atoms with E-state index in [0.717, 1.165) is 21.9 Å². The van der Waals surface area contributed by atoms with E-state index in [0.29, 0.717) is 0 Å². The molecule has 0 bridgehead atoms. The molecule has 2 aromatic rings. The Bertz CT molecular complexity index is 450. The zero-order valence-corrected chi connectivity index (χ0v) is 9.20. The molecule has 0 saturated heterocycles. The minimum atomic E-state index is 0.757. The number of anilines is 2. The molecule has 0 atom stereocenters. The van der Waals surface area contributed by atoms with Crippen LogP contribution in [0.1, 0.15) is 9.67 Å². The first-order chi connectivity index (χ1) is 7.31. The van der Waals surface area contributed by atoms with Gasteiger partial charge in [0.05, 0.1) is 9.88 Å². The van der Waals surface area contributed by atoms with Crippen molar-refractivity contribution in [2.75, 3.05) is 11.9 Å². The summed E-state index contributed by atoms with van der Waals surface area (Å²) in [4.78, 5) is 13.4. The Kier molecular flexibility index (Phi) is 2.83. The average molecular weight is 217 g/mol. The van der Waals surface area contributed by atoms with Gasteiger partial charge in [-0.05, 0) is 24.3 Å². The van der Waals surface area contributed by atoms with E-state index in [4.69, 9.17) is 0 Å². The van der Waals surface area contributed by atoms with Crippen molar-refractivity contribution in [2.24, 2.45) is 0 Å². The van der Waals surface area contributed by atoms with Crippen LogP contribution in [0.2, 0.25) is 0 Å². The molecular formula is C12H11NOS. The molecule has 76 valence electrons. The molecule has 2 rings (SSSR count). The fourth-order valence-electron chi connectivity index (χ4n) is 1.36. The SMILES string of the molecule is CN(c1ccccc1)c1ccc(C=O)s1. The average Bonchev–Trinajstić information content (AvgIpc) is 2.78. The quantitative estimate of drug-likeness (QED) is 0.735. The van der Waals surface area contributed by atoms with Crippen LogP contribution in [0.25, 0.3) is 0 Å². The lowest BCUT2D eigenvalue weighted by Crippen LogP contribution is -2.06. The van der Waals surface area contributed by atoms with Gasteiger partial charge in [0.25, 0.3) is 0 Å². The van der Waals surface area contributed by atoms with Gasteiger partial charge in [-0.3, -0.25) is 4.79 Å². The minimum Gasteiger partial charge on any atom is -0.336 e. The summed E-state index contributed by atoms with van der Waals surface area (Å²) in [7, 11) is 2.00. The van der Waals surface area contributed by atoms with Crippen LogP contribution in [0.5, 0.6) is 0 Å². The highest BCUT2D eigenvalue weighted by atomic mass is 32.1. The van der Waals surface area contributed by atoms with Gasteiger partial charge in [-0.2, -0.15) is 0 Å². The summed E-state index contributed by atoms with van der Waals surface area (Å²) >= 11 is 1.49. The zero-order chi connectivity index (χ0) is 10.7. The summed E-state index contributed by atoms with van der Waals surface area (Å²) in [5.41, 5.74) is 1.12. The zero-order valence-electron chi connectivity index (χ0n) is 8.38. The van der Waals surface area contributed by atoms with E-state index in [1.54, 1.807) is 0 Å². The summed E-state index contributed by atoms with van der Waals surface area (Å²) in [5.74, 6) is 0. The number of thiophene rings is 1. The van der Waals surface area contributed by atoms with Crippen molar-refractivity contribution in [3.05, 3.63) is 47.3 Å².